The van der Waals surface area contributed by atoms with Gasteiger partial charge in [0.05, 0.1) is 0 Å². The molecule has 1 heterocycles. The van der Waals surface area contributed by atoms with Gasteiger partial charge in [-0.05, 0) is 32.3 Å². The predicted molar refractivity (Wildman–Crippen MR) is 93.2 cm³/mol. The van der Waals surface area contributed by atoms with Crippen LogP contribution >= 0.6 is 0 Å². The molecular formula is C19H25NO6. The van der Waals surface area contributed by atoms with Crippen LogP contribution in [-0.4, -0.2) is 40.8 Å². The lowest BCUT2D eigenvalue weighted by molar-refractivity contribution is -0.151. The van der Waals surface area contributed by atoms with Crippen molar-refractivity contribution in [3.8, 4) is 0 Å². The molecule has 1 fully saturated rings. The molecule has 1 aliphatic rings. The van der Waals surface area contributed by atoms with Crippen molar-refractivity contribution in [2.24, 2.45) is 5.92 Å². The third-order valence-corrected chi connectivity index (χ3v) is 3.74. The number of hydrogen-bond acceptors (Lipinski definition) is 6. The summed E-state index contributed by atoms with van der Waals surface area (Å²) in [5.41, 5.74) is -0.0119. The third-order valence-electron chi connectivity index (χ3n) is 3.74. The molecule has 0 N–H and O–H groups in total. The Balaban J connectivity index is 2.18. The maximum Gasteiger partial charge on any atom is 0.420 e. The van der Waals surface area contributed by atoms with Gasteiger partial charge in [-0.15, -0.1) is 0 Å². The number of ether oxygens (including phenoxy) is 3. The zero-order valence-corrected chi connectivity index (χ0v) is 15.7. The second-order valence-electron chi connectivity index (χ2n) is 7.48. The first-order valence-corrected chi connectivity index (χ1v) is 8.53. The van der Waals surface area contributed by atoms with Crippen LogP contribution in [0.25, 0.3) is 0 Å². The number of hydrogen-bond donors (Lipinski definition) is 0. The fourth-order valence-corrected chi connectivity index (χ4v) is 2.55. The highest BCUT2D eigenvalue weighted by Crippen LogP contribution is 2.28. The first-order chi connectivity index (χ1) is 12.1. The Bertz CT molecular complexity index is 664. The van der Waals surface area contributed by atoms with Crippen LogP contribution in [0.1, 0.15) is 40.2 Å². The molecule has 0 saturated carbocycles. The number of cyclic esters (lactones) is 1. The molecule has 142 valence electrons. The summed E-state index contributed by atoms with van der Waals surface area (Å²) in [5.74, 6) is -0.884. The highest BCUT2D eigenvalue weighted by Gasteiger charge is 2.52. The van der Waals surface area contributed by atoms with Crippen LogP contribution in [0.4, 0.5) is 9.59 Å². The third kappa shape index (κ3) is 4.74. The molecule has 0 spiro atoms. The van der Waals surface area contributed by atoms with Gasteiger partial charge in [-0.2, -0.15) is 4.90 Å². The SMILES string of the molecule is CC(C)[C@@H]1OC(=O)N(C(=O)OC(C)(C)C)[C@H]1C(=O)OCc1ccccc1. The lowest BCUT2D eigenvalue weighted by Crippen LogP contribution is -2.49. The van der Waals surface area contributed by atoms with Gasteiger partial charge in [-0.3, -0.25) is 0 Å². The number of nitrogens with zero attached hydrogens (tertiary/aromatic N) is 1. The minimum atomic E-state index is -1.18. The van der Waals surface area contributed by atoms with Crippen molar-refractivity contribution in [1.29, 1.82) is 0 Å². The van der Waals surface area contributed by atoms with Crippen molar-refractivity contribution in [2.45, 2.75) is 59.0 Å². The van der Waals surface area contributed by atoms with Crippen molar-refractivity contribution < 1.29 is 28.6 Å². The van der Waals surface area contributed by atoms with Crippen molar-refractivity contribution in [1.82, 2.24) is 4.90 Å². The molecular weight excluding hydrogens is 338 g/mol. The Labute approximate surface area is 153 Å². The normalized spacial score (nSPS) is 20.1. The number of esters is 1. The molecule has 2 rings (SSSR count). The Morgan fingerprint density at radius 3 is 2.35 bits per heavy atom. The number of benzene rings is 1. The van der Waals surface area contributed by atoms with E-state index in [-0.39, 0.29) is 12.5 Å². The van der Waals surface area contributed by atoms with Crippen LogP contribution in [-0.2, 0) is 25.6 Å². The molecule has 1 aromatic rings. The summed E-state index contributed by atoms with van der Waals surface area (Å²) >= 11 is 0. The molecule has 0 bridgehead atoms. The van der Waals surface area contributed by atoms with Crippen LogP contribution in [0.3, 0.4) is 0 Å². The zero-order chi connectivity index (χ0) is 19.5. The molecule has 2 amide bonds. The van der Waals surface area contributed by atoms with E-state index in [0.717, 1.165) is 5.56 Å². The minimum Gasteiger partial charge on any atom is -0.459 e. The van der Waals surface area contributed by atoms with Crippen molar-refractivity contribution in [3.05, 3.63) is 35.9 Å². The van der Waals surface area contributed by atoms with Gasteiger partial charge >= 0.3 is 18.2 Å². The molecule has 0 aromatic heterocycles. The largest absolute Gasteiger partial charge is 0.459 e. The number of carbonyl (C=O) groups is 3. The van der Waals surface area contributed by atoms with Gasteiger partial charge in [-0.1, -0.05) is 44.2 Å². The molecule has 26 heavy (non-hydrogen) atoms. The molecule has 2 atom stereocenters. The number of rotatable bonds is 4. The fourth-order valence-electron chi connectivity index (χ4n) is 2.55. The number of imide groups is 1. The smallest absolute Gasteiger partial charge is 0.420 e. The van der Waals surface area contributed by atoms with E-state index in [4.69, 9.17) is 14.2 Å². The molecule has 0 aliphatic carbocycles. The van der Waals surface area contributed by atoms with Gasteiger partial charge in [0, 0.05) is 0 Å². The fraction of sp³-hybridized carbons (Fsp3) is 0.526. The first-order valence-electron chi connectivity index (χ1n) is 8.53. The summed E-state index contributed by atoms with van der Waals surface area (Å²) in [5, 5.41) is 0. The predicted octanol–water partition coefficient (Wildman–Crippen LogP) is 3.51. The van der Waals surface area contributed by atoms with Crippen LogP contribution in [0.2, 0.25) is 0 Å². The Morgan fingerprint density at radius 1 is 1.19 bits per heavy atom. The first kappa shape index (κ1) is 19.8. The molecule has 7 heteroatoms. The van der Waals surface area contributed by atoms with Gasteiger partial charge in [0.1, 0.15) is 18.3 Å². The van der Waals surface area contributed by atoms with E-state index >= 15 is 0 Å². The highest BCUT2D eigenvalue weighted by molar-refractivity contribution is 5.96. The van der Waals surface area contributed by atoms with Gasteiger partial charge in [0.25, 0.3) is 0 Å². The van der Waals surface area contributed by atoms with E-state index < -0.39 is 35.9 Å². The summed E-state index contributed by atoms with van der Waals surface area (Å²) in [6, 6.07) is 7.96. The van der Waals surface area contributed by atoms with E-state index in [2.05, 4.69) is 0 Å². The quantitative estimate of drug-likeness (QED) is 0.601. The topological polar surface area (TPSA) is 82.1 Å². The summed E-state index contributed by atoms with van der Waals surface area (Å²) in [4.78, 5) is 38.0. The van der Waals surface area contributed by atoms with Gasteiger partial charge in [-0.25, -0.2) is 14.4 Å². The molecule has 1 aliphatic heterocycles. The minimum absolute atomic E-state index is 0.0390. The summed E-state index contributed by atoms with van der Waals surface area (Å²) < 4.78 is 15.8. The van der Waals surface area contributed by atoms with E-state index in [1.165, 1.54) is 0 Å². The summed E-state index contributed by atoms with van der Waals surface area (Å²) in [6.07, 6.45) is -2.62. The van der Waals surface area contributed by atoms with E-state index in [9.17, 15) is 14.4 Å². The van der Waals surface area contributed by atoms with Gasteiger partial charge in [0.15, 0.2) is 6.04 Å². The Morgan fingerprint density at radius 2 is 1.81 bits per heavy atom. The molecule has 1 saturated heterocycles. The van der Waals surface area contributed by atoms with E-state index in [1.807, 2.05) is 30.3 Å². The second-order valence-corrected chi connectivity index (χ2v) is 7.48. The summed E-state index contributed by atoms with van der Waals surface area (Å²) in [7, 11) is 0. The summed E-state index contributed by atoms with van der Waals surface area (Å²) in [6.45, 7) is 8.66. The molecule has 1 aromatic carbocycles. The number of amides is 2. The van der Waals surface area contributed by atoms with Gasteiger partial charge in [0.2, 0.25) is 0 Å². The van der Waals surface area contributed by atoms with E-state index in [0.29, 0.717) is 4.90 Å². The average Bonchev–Trinajstić information content (AvgIpc) is 2.90. The van der Waals surface area contributed by atoms with E-state index in [1.54, 1.807) is 34.6 Å². The molecule has 0 radical (unpaired) electrons. The van der Waals surface area contributed by atoms with Crippen LogP contribution in [0.5, 0.6) is 0 Å². The van der Waals surface area contributed by atoms with Crippen LogP contribution in [0.15, 0.2) is 30.3 Å². The van der Waals surface area contributed by atoms with Crippen molar-refractivity contribution in [2.75, 3.05) is 0 Å². The van der Waals surface area contributed by atoms with Crippen LogP contribution < -0.4 is 0 Å². The second kappa shape index (κ2) is 7.76. The highest BCUT2D eigenvalue weighted by atomic mass is 16.6. The molecule has 0 unspecified atom stereocenters. The number of carbonyl (C=O) groups excluding carboxylic acids is 3. The van der Waals surface area contributed by atoms with Crippen molar-refractivity contribution in [3.63, 3.8) is 0 Å². The van der Waals surface area contributed by atoms with Crippen LogP contribution in [0, 0.1) is 5.92 Å². The lowest BCUT2D eigenvalue weighted by Gasteiger charge is -2.26. The van der Waals surface area contributed by atoms with Gasteiger partial charge < -0.3 is 14.2 Å². The zero-order valence-electron chi connectivity index (χ0n) is 15.7. The van der Waals surface area contributed by atoms with Crippen molar-refractivity contribution >= 4 is 18.2 Å². The monoisotopic (exact) mass is 363 g/mol. The Kier molecular flexibility index (Phi) is 5.90. The maximum atomic E-state index is 12.7. The molecule has 7 nitrogen and oxygen atoms in total. The lowest BCUT2D eigenvalue weighted by atomic mass is 10.00. The maximum absolute atomic E-state index is 12.7. The standard InChI is InChI=1S/C19H25NO6/c1-12(2)15-14(16(21)24-11-13-9-7-6-8-10-13)20(17(22)25-15)18(23)26-19(3,4)5/h6-10,12,14-15H,11H2,1-5H3/t14-,15+/m1/s1. The Hall–Kier alpha value is -2.57. The average molecular weight is 363 g/mol.